The van der Waals surface area contributed by atoms with Crippen LogP contribution in [0.5, 0.6) is 0 Å². The zero-order valence-corrected chi connectivity index (χ0v) is 11.6. The Hall–Kier alpha value is -1.23. The molecule has 0 aliphatic heterocycles. The Balaban J connectivity index is 2.40. The van der Waals surface area contributed by atoms with E-state index >= 15 is 0 Å². The fourth-order valence-corrected chi connectivity index (χ4v) is 1.80. The van der Waals surface area contributed by atoms with Gasteiger partial charge in [-0.25, -0.2) is 0 Å². The van der Waals surface area contributed by atoms with Crippen molar-refractivity contribution < 1.29 is 9.32 Å². The molecule has 0 saturated heterocycles. The summed E-state index contributed by atoms with van der Waals surface area (Å²) < 4.78 is 5.08. The lowest BCUT2D eigenvalue weighted by molar-refractivity contribution is -0.118. The van der Waals surface area contributed by atoms with E-state index < -0.39 is 0 Å². The molecule has 1 heterocycles. The van der Waals surface area contributed by atoms with Crippen LogP contribution in [-0.2, 0) is 17.6 Å². The first kappa shape index (κ1) is 14.8. The normalized spacial score (nSPS) is 11.1. The molecular weight excluding hydrogens is 230 g/mol. The van der Waals surface area contributed by atoms with Crippen molar-refractivity contribution in [1.82, 2.24) is 15.0 Å². The van der Waals surface area contributed by atoms with E-state index in [1.54, 1.807) is 0 Å². The van der Waals surface area contributed by atoms with Gasteiger partial charge in [-0.3, -0.25) is 4.79 Å². The van der Waals surface area contributed by atoms with Crippen LogP contribution in [0.3, 0.4) is 0 Å². The number of carbonyl (C=O) groups excluding carboxylic acids is 1. The summed E-state index contributed by atoms with van der Waals surface area (Å²) in [5, 5.41) is 3.90. The van der Waals surface area contributed by atoms with Crippen LogP contribution in [0.2, 0.25) is 0 Å². The molecule has 0 bridgehead atoms. The second-order valence-electron chi connectivity index (χ2n) is 4.35. The highest BCUT2D eigenvalue weighted by Crippen LogP contribution is 2.03. The number of rotatable bonds is 9. The second-order valence-corrected chi connectivity index (χ2v) is 4.35. The Morgan fingerprint density at radius 1 is 1.28 bits per heavy atom. The predicted molar refractivity (Wildman–Crippen MR) is 69.4 cm³/mol. The van der Waals surface area contributed by atoms with Gasteiger partial charge in [-0.05, 0) is 19.5 Å². The molecule has 0 aliphatic rings. The third-order valence-electron chi connectivity index (χ3n) is 2.93. The Morgan fingerprint density at radius 3 is 2.61 bits per heavy atom. The van der Waals surface area contributed by atoms with Crippen LogP contribution in [0.15, 0.2) is 4.52 Å². The van der Waals surface area contributed by atoms with E-state index in [1.165, 1.54) is 0 Å². The Labute approximate surface area is 109 Å². The number of nitrogens with zero attached hydrogens (tertiary/aromatic N) is 3. The van der Waals surface area contributed by atoms with Crippen LogP contribution in [0, 0.1) is 0 Å². The van der Waals surface area contributed by atoms with Gasteiger partial charge >= 0.3 is 0 Å². The quantitative estimate of drug-likeness (QED) is 0.672. The monoisotopic (exact) mass is 253 g/mol. The molecule has 0 fully saturated rings. The van der Waals surface area contributed by atoms with Crippen molar-refractivity contribution in [2.75, 3.05) is 19.6 Å². The summed E-state index contributed by atoms with van der Waals surface area (Å²) in [6, 6.07) is 0. The highest BCUT2D eigenvalue weighted by molar-refractivity contribution is 5.79. The van der Waals surface area contributed by atoms with E-state index in [0.717, 1.165) is 32.5 Å². The van der Waals surface area contributed by atoms with Crippen LogP contribution >= 0.6 is 0 Å². The molecule has 1 aromatic heterocycles. The third-order valence-corrected chi connectivity index (χ3v) is 2.93. The molecule has 1 rings (SSSR count). The number of hydrogen-bond donors (Lipinski definition) is 0. The first-order valence-corrected chi connectivity index (χ1v) is 6.75. The predicted octanol–water partition coefficient (Wildman–Crippen LogP) is 1.87. The van der Waals surface area contributed by atoms with Gasteiger partial charge in [-0.1, -0.05) is 25.9 Å². The minimum absolute atomic E-state index is 0.163. The van der Waals surface area contributed by atoms with Gasteiger partial charge in [0.1, 0.15) is 5.78 Å². The summed E-state index contributed by atoms with van der Waals surface area (Å²) in [5.74, 6) is 1.31. The lowest BCUT2D eigenvalue weighted by Gasteiger charge is -2.16. The summed E-state index contributed by atoms with van der Waals surface area (Å²) in [5.41, 5.74) is 0. The minimum atomic E-state index is 0.163. The summed E-state index contributed by atoms with van der Waals surface area (Å²) in [6.07, 6.45) is 2.48. The lowest BCUT2D eigenvalue weighted by atomic mass is 10.2. The van der Waals surface area contributed by atoms with Gasteiger partial charge < -0.3 is 9.42 Å². The van der Waals surface area contributed by atoms with Crippen LogP contribution in [0.4, 0.5) is 0 Å². The van der Waals surface area contributed by atoms with Crippen molar-refractivity contribution in [1.29, 1.82) is 0 Å². The number of ketones is 1. The van der Waals surface area contributed by atoms with Gasteiger partial charge in [-0.15, -0.1) is 0 Å². The van der Waals surface area contributed by atoms with Crippen molar-refractivity contribution >= 4 is 5.78 Å². The molecule has 0 N–H and O–H groups in total. The van der Waals surface area contributed by atoms with Gasteiger partial charge in [0.05, 0.1) is 6.42 Å². The van der Waals surface area contributed by atoms with Crippen molar-refractivity contribution in [2.24, 2.45) is 0 Å². The fraction of sp³-hybridized carbons (Fsp3) is 0.769. The van der Waals surface area contributed by atoms with E-state index in [0.29, 0.717) is 18.1 Å². The molecule has 0 unspecified atom stereocenters. The standard InChI is InChI=1S/C13H23N3O2/c1-4-7-11(17)10-13-14-12(15-18-13)8-9-16(5-2)6-3/h4-10H2,1-3H3. The first-order chi connectivity index (χ1) is 8.69. The van der Waals surface area contributed by atoms with Gasteiger partial charge in [0.2, 0.25) is 5.89 Å². The molecule has 1 aromatic rings. The average Bonchev–Trinajstić information content (AvgIpc) is 2.78. The molecule has 0 saturated carbocycles. The van der Waals surface area contributed by atoms with Gasteiger partial charge in [-0.2, -0.15) is 4.98 Å². The molecule has 0 amide bonds. The van der Waals surface area contributed by atoms with Crippen LogP contribution in [0.25, 0.3) is 0 Å². The molecule has 0 radical (unpaired) electrons. The molecule has 102 valence electrons. The number of aromatic nitrogens is 2. The van der Waals surface area contributed by atoms with Gasteiger partial charge in [0.25, 0.3) is 0 Å². The van der Waals surface area contributed by atoms with Crippen LogP contribution in [0.1, 0.15) is 45.3 Å². The number of Topliss-reactive ketones (excluding diaryl/α,β-unsaturated/α-hetero) is 1. The highest BCUT2D eigenvalue weighted by atomic mass is 16.5. The molecule has 0 atom stereocenters. The number of hydrogen-bond acceptors (Lipinski definition) is 5. The summed E-state index contributed by atoms with van der Waals surface area (Å²) >= 11 is 0. The van der Waals surface area contributed by atoms with Crippen molar-refractivity contribution in [3.63, 3.8) is 0 Å². The Kier molecular flexibility index (Phi) is 6.57. The molecule has 0 aliphatic carbocycles. The van der Waals surface area contributed by atoms with E-state index in [1.807, 2.05) is 6.92 Å². The molecule has 5 nitrogen and oxygen atoms in total. The van der Waals surface area contributed by atoms with E-state index in [4.69, 9.17) is 4.52 Å². The summed E-state index contributed by atoms with van der Waals surface area (Å²) in [7, 11) is 0. The van der Waals surface area contributed by atoms with Crippen LogP contribution < -0.4 is 0 Å². The number of carbonyl (C=O) groups is 1. The fourth-order valence-electron chi connectivity index (χ4n) is 1.80. The maximum Gasteiger partial charge on any atom is 0.234 e. The Bertz CT molecular complexity index is 359. The minimum Gasteiger partial charge on any atom is -0.339 e. The largest absolute Gasteiger partial charge is 0.339 e. The molecule has 0 spiro atoms. The molecule has 5 heteroatoms. The van der Waals surface area contributed by atoms with Crippen molar-refractivity contribution in [3.8, 4) is 0 Å². The van der Waals surface area contributed by atoms with Crippen molar-refractivity contribution in [2.45, 2.75) is 46.5 Å². The topological polar surface area (TPSA) is 59.2 Å². The third kappa shape index (κ3) is 4.96. The highest BCUT2D eigenvalue weighted by Gasteiger charge is 2.11. The smallest absolute Gasteiger partial charge is 0.234 e. The van der Waals surface area contributed by atoms with E-state index in [-0.39, 0.29) is 12.2 Å². The summed E-state index contributed by atoms with van der Waals surface area (Å²) in [6.45, 7) is 9.23. The van der Waals surface area contributed by atoms with Crippen molar-refractivity contribution in [3.05, 3.63) is 11.7 Å². The van der Waals surface area contributed by atoms with Gasteiger partial charge in [0, 0.05) is 19.4 Å². The van der Waals surface area contributed by atoms with E-state index in [2.05, 4.69) is 28.9 Å². The lowest BCUT2D eigenvalue weighted by Crippen LogP contribution is -2.25. The average molecular weight is 253 g/mol. The molecular formula is C13H23N3O2. The molecule has 0 aromatic carbocycles. The first-order valence-electron chi connectivity index (χ1n) is 6.75. The summed E-state index contributed by atoms with van der Waals surface area (Å²) in [4.78, 5) is 18.0. The zero-order valence-electron chi connectivity index (χ0n) is 11.6. The Morgan fingerprint density at radius 2 is 2.00 bits per heavy atom. The van der Waals surface area contributed by atoms with Crippen LogP contribution in [-0.4, -0.2) is 40.5 Å². The van der Waals surface area contributed by atoms with E-state index in [9.17, 15) is 4.79 Å². The zero-order chi connectivity index (χ0) is 13.4. The SMILES string of the molecule is CCCC(=O)Cc1nc(CCN(CC)CC)no1. The second kappa shape index (κ2) is 7.97. The maximum atomic E-state index is 11.4. The number of likely N-dealkylation sites (N-methyl/N-ethyl adjacent to an activating group) is 1. The maximum absolute atomic E-state index is 11.4. The molecule has 18 heavy (non-hydrogen) atoms. The van der Waals surface area contributed by atoms with Gasteiger partial charge in [0.15, 0.2) is 5.82 Å².